The first-order valence-electron chi connectivity index (χ1n) is 8.51. The van der Waals surface area contributed by atoms with Crippen molar-refractivity contribution in [3.63, 3.8) is 0 Å². The van der Waals surface area contributed by atoms with Crippen molar-refractivity contribution in [1.29, 1.82) is 0 Å². The van der Waals surface area contributed by atoms with Crippen LogP contribution in [0, 0.1) is 20.8 Å². The number of rotatable bonds is 3. The Bertz CT molecular complexity index is 745. The van der Waals surface area contributed by atoms with Gasteiger partial charge in [-0.25, -0.2) is 4.79 Å². The number of Topliss-reactive ketones (excluding diaryl/α,β-unsaturated/α-hetero) is 1. The molecule has 0 unspecified atom stereocenters. The number of benzene rings is 1. The fourth-order valence-corrected chi connectivity index (χ4v) is 4.31. The first-order chi connectivity index (χ1) is 11.3. The first kappa shape index (κ1) is 16.7. The fraction of sp³-hybridized carbons (Fsp3) is 0.526. The van der Waals surface area contributed by atoms with Gasteiger partial charge in [-0.15, -0.1) is 0 Å². The average Bonchev–Trinajstić information content (AvgIpc) is 3.03. The van der Waals surface area contributed by atoms with Gasteiger partial charge in [0.2, 0.25) is 0 Å². The summed E-state index contributed by atoms with van der Waals surface area (Å²) in [6.07, 6.45) is 3.38. The molecule has 1 N–H and O–H groups in total. The number of hydrogen-bond donors (Lipinski definition) is 1. The van der Waals surface area contributed by atoms with Crippen molar-refractivity contribution in [2.24, 2.45) is 0 Å². The highest BCUT2D eigenvalue weighted by molar-refractivity contribution is 6.07. The number of imide groups is 1. The second kappa shape index (κ2) is 5.72. The summed E-state index contributed by atoms with van der Waals surface area (Å²) in [5, 5.41) is 2.91. The lowest BCUT2D eigenvalue weighted by atomic mass is 9.91. The molecule has 0 radical (unpaired) electrons. The third kappa shape index (κ3) is 2.43. The summed E-state index contributed by atoms with van der Waals surface area (Å²) in [5.41, 5.74) is 3.71. The molecular formula is C19H24N2O3. The van der Waals surface area contributed by atoms with Crippen molar-refractivity contribution in [3.8, 4) is 0 Å². The monoisotopic (exact) mass is 328 g/mol. The van der Waals surface area contributed by atoms with E-state index in [0.29, 0.717) is 5.56 Å². The van der Waals surface area contributed by atoms with Crippen LogP contribution in [-0.2, 0) is 11.3 Å². The SMILES string of the molecule is CC(=O)c1c(C)cc(C)c(CN2C(=O)NC3(CCCC3)C2=O)c1C. The van der Waals surface area contributed by atoms with Gasteiger partial charge in [0.1, 0.15) is 5.54 Å². The third-order valence-corrected chi connectivity index (χ3v) is 5.50. The Morgan fingerprint density at radius 1 is 1.17 bits per heavy atom. The van der Waals surface area contributed by atoms with Crippen LogP contribution in [0.5, 0.6) is 0 Å². The zero-order chi connectivity index (χ0) is 17.6. The Morgan fingerprint density at radius 2 is 1.79 bits per heavy atom. The maximum Gasteiger partial charge on any atom is 0.325 e. The molecule has 2 aliphatic rings. The van der Waals surface area contributed by atoms with Gasteiger partial charge in [0.05, 0.1) is 6.54 Å². The zero-order valence-electron chi connectivity index (χ0n) is 14.8. The number of hydrogen-bond acceptors (Lipinski definition) is 3. The number of carbonyl (C=O) groups excluding carboxylic acids is 3. The Kier molecular flexibility index (Phi) is 3.98. The summed E-state index contributed by atoms with van der Waals surface area (Å²) >= 11 is 0. The van der Waals surface area contributed by atoms with Gasteiger partial charge in [-0.1, -0.05) is 18.9 Å². The van der Waals surface area contributed by atoms with Crippen LogP contribution in [0.4, 0.5) is 4.79 Å². The number of carbonyl (C=O) groups is 3. The van der Waals surface area contributed by atoms with Crippen molar-refractivity contribution >= 4 is 17.7 Å². The van der Waals surface area contributed by atoms with Gasteiger partial charge in [0, 0.05) is 5.56 Å². The Morgan fingerprint density at radius 3 is 2.38 bits per heavy atom. The van der Waals surface area contributed by atoms with Gasteiger partial charge in [-0.3, -0.25) is 14.5 Å². The predicted octanol–water partition coefficient (Wildman–Crippen LogP) is 3.18. The summed E-state index contributed by atoms with van der Waals surface area (Å²) < 4.78 is 0. The molecular weight excluding hydrogens is 304 g/mol. The van der Waals surface area contributed by atoms with Crippen LogP contribution in [0.25, 0.3) is 0 Å². The van der Waals surface area contributed by atoms with Gasteiger partial charge in [-0.2, -0.15) is 0 Å². The van der Waals surface area contributed by atoms with Crippen LogP contribution >= 0.6 is 0 Å². The molecule has 1 saturated carbocycles. The molecule has 0 aromatic heterocycles. The molecule has 1 spiro atoms. The van der Waals surface area contributed by atoms with Crippen LogP contribution in [0.2, 0.25) is 0 Å². The van der Waals surface area contributed by atoms with E-state index in [4.69, 9.17) is 0 Å². The molecule has 3 rings (SSSR count). The van der Waals surface area contributed by atoms with E-state index in [0.717, 1.165) is 47.9 Å². The molecule has 0 bridgehead atoms. The molecule has 2 fully saturated rings. The van der Waals surface area contributed by atoms with Gasteiger partial charge in [0.15, 0.2) is 5.78 Å². The fourth-order valence-electron chi connectivity index (χ4n) is 4.31. The Labute approximate surface area is 142 Å². The van der Waals surface area contributed by atoms with Crippen LogP contribution in [-0.4, -0.2) is 28.2 Å². The minimum absolute atomic E-state index is 0.00992. The van der Waals surface area contributed by atoms with E-state index in [-0.39, 0.29) is 24.3 Å². The summed E-state index contributed by atoms with van der Waals surface area (Å²) in [6.45, 7) is 7.56. The van der Waals surface area contributed by atoms with E-state index in [1.54, 1.807) is 6.92 Å². The number of nitrogens with one attached hydrogen (secondary N) is 1. The molecule has 24 heavy (non-hydrogen) atoms. The number of nitrogens with zero attached hydrogens (tertiary/aromatic N) is 1. The lowest BCUT2D eigenvalue weighted by Gasteiger charge is -2.22. The van der Waals surface area contributed by atoms with Crippen LogP contribution < -0.4 is 5.32 Å². The van der Waals surface area contributed by atoms with Crippen molar-refractivity contribution in [2.75, 3.05) is 0 Å². The highest BCUT2D eigenvalue weighted by atomic mass is 16.2. The van der Waals surface area contributed by atoms with Crippen LogP contribution in [0.1, 0.15) is 65.2 Å². The van der Waals surface area contributed by atoms with E-state index in [1.165, 1.54) is 4.90 Å². The summed E-state index contributed by atoms with van der Waals surface area (Å²) in [5.74, 6) is -0.107. The lowest BCUT2D eigenvalue weighted by molar-refractivity contribution is -0.131. The van der Waals surface area contributed by atoms with Gasteiger partial charge >= 0.3 is 6.03 Å². The normalized spacial score (nSPS) is 19.2. The molecule has 3 amide bonds. The molecule has 1 saturated heterocycles. The van der Waals surface area contributed by atoms with Gasteiger partial charge < -0.3 is 5.32 Å². The molecule has 1 aliphatic carbocycles. The molecule has 5 nitrogen and oxygen atoms in total. The Hall–Kier alpha value is -2.17. The summed E-state index contributed by atoms with van der Waals surface area (Å²) in [4.78, 5) is 38.5. The minimum Gasteiger partial charge on any atom is -0.323 e. The molecule has 0 atom stereocenters. The molecule has 5 heteroatoms. The van der Waals surface area contributed by atoms with E-state index in [1.807, 2.05) is 26.8 Å². The van der Waals surface area contributed by atoms with Crippen LogP contribution in [0.15, 0.2) is 6.07 Å². The molecule has 1 aromatic carbocycles. The third-order valence-electron chi connectivity index (χ3n) is 5.50. The van der Waals surface area contributed by atoms with Crippen molar-refractivity contribution in [3.05, 3.63) is 33.9 Å². The molecule has 1 aromatic rings. The largest absolute Gasteiger partial charge is 0.325 e. The van der Waals surface area contributed by atoms with Crippen LogP contribution in [0.3, 0.4) is 0 Å². The van der Waals surface area contributed by atoms with Gasteiger partial charge in [0.25, 0.3) is 5.91 Å². The quantitative estimate of drug-likeness (QED) is 0.684. The highest BCUT2D eigenvalue weighted by Gasteiger charge is 2.52. The topological polar surface area (TPSA) is 66.5 Å². The maximum atomic E-state index is 12.8. The van der Waals surface area contributed by atoms with Crippen molar-refractivity contribution in [2.45, 2.75) is 65.5 Å². The van der Waals surface area contributed by atoms with E-state index in [2.05, 4.69) is 5.32 Å². The standard InChI is InChI=1S/C19H24N2O3/c1-11-9-12(2)16(14(4)22)13(3)15(11)10-21-17(23)19(20-18(21)24)7-5-6-8-19/h9H,5-8,10H2,1-4H3,(H,20,24). The highest BCUT2D eigenvalue weighted by Crippen LogP contribution is 2.36. The predicted molar refractivity (Wildman–Crippen MR) is 90.9 cm³/mol. The maximum absolute atomic E-state index is 12.8. The lowest BCUT2D eigenvalue weighted by Crippen LogP contribution is -2.44. The van der Waals surface area contributed by atoms with E-state index >= 15 is 0 Å². The molecule has 128 valence electrons. The number of ketones is 1. The average molecular weight is 328 g/mol. The van der Waals surface area contributed by atoms with E-state index in [9.17, 15) is 14.4 Å². The number of amides is 3. The Balaban J connectivity index is 1.97. The van der Waals surface area contributed by atoms with Crippen molar-refractivity contribution in [1.82, 2.24) is 10.2 Å². The van der Waals surface area contributed by atoms with E-state index < -0.39 is 5.54 Å². The van der Waals surface area contributed by atoms with Gasteiger partial charge in [-0.05, 0) is 62.8 Å². The zero-order valence-corrected chi connectivity index (χ0v) is 14.8. The minimum atomic E-state index is -0.688. The summed E-state index contributed by atoms with van der Waals surface area (Å²) in [6, 6.07) is 1.65. The second-order valence-corrected chi connectivity index (χ2v) is 7.16. The first-order valence-corrected chi connectivity index (χ1v) is 8.51. The van der Waals surface area contributed by atoms with Crippen molar-refractivity contribution < 1.29 is 14.4 Å². The molecule has 1 aliphatic heterocycles. The summed E-state index contributed by atoms with van der Waals surface area (Å²) in [7, 11) is 0. The second-order valence-electron chi connectivity index (χ2n) is 7.16. The number of aryl methyl sites for hydroxylation is 2. The molecule has 1 heterocycles. The smallest absolute Gasteiger partial charge is 0.323 e. The number of urea groups is 1.